The van der Waals surface area contributed by atoms with Crippen LogP contribution in [0.2, 0.25) is 0 Å². The number of esters is 1. The van der Waals surface area contributed by atoms with Crippen LogP contribution in [-0.4, -0.2) is 12.6 Å². The van der Waals surface area contributed by atoms with E-state index in [1.165, 1.54) is 5.56 Å². The van der Waals surface area contributed by atoms with Gasteiger partial charge >= 0.3 is 5.97 Å². The molecule has 0 fully saturated rings. The van der Waals surface area contributed by atoms with E-state index < -0.39 is 0 Å². The van der Waals surface area contributed by atoms with E-state index in [0.29, 0.717) is 6.61 Å². The molecule has 1 unspecified atom stereocenters. The average molecular weight is 270 g/mol. The Labute approximate surface area is 116 Å². The van der Waals surface area contributed by atoms with Crippen molar-refractivity contribution in [1.29, 1.82) is 0 Å². The molecule has 3 heteroatoms. The molecule has 2 aromatic rings. The zero-order chi connectivity index (χ0) is 13.2. The van der Waals surface area contributed by atoms with Gasteiger partial charge in [-0.25, -0.2) is 0 Å². The van der Waals surface area contributed by atoms with Crippen LogP contribution in [0.5, 0.6) is 0 Å². The van der Waals surface area contributed by atoms with Crippen LogP contribution in [0.25, 0.3) is 11.1 Å². The number of thioether (sulfide) groups is 1. The maximum atomic E-state index is 12.1. The summed E-state index contributed by atoms with van der Waals surface area (Å²) in [6.07, 6.45) is 0. The highest BCUT2D eigenvalue weighted by Gasteiger charge is 2.31. The van der Waals surface area contributed by atoms with E-state index in [2.05, 4.69) is 18.2 Å². The average Bonchev–Trinajstić information content (AvgIpc) is 2.46. The molecule has 19 heavy (non-hydrogen) atoms. The second kappa shape index (κ2) is 5.10. The van der Waals surface area contributed by atoms with Gasteiger partial charge < -0.3 is 4.74 Å². The minimum absolute atomic E-state index is 0.158. The predicted octanol–water partition coefficient (Wildman–Crippen LogP) is 4.06. The summed E-state index contributed by atoms with van der Waals surface area (Å²) >= 11 is 1.57. The van der Waals surface area contributed by atoms with Crippen LogP contribution in [0.1, 0.15) is 17.7 Å². The SMILES string of the molecule is CCOC(=O)C1Sc2ccccc2-c2ccccc21. The van der Waals surface area contributed by atoms with Gasteiger partial charge in [-0.15, -0.1) is 11.8 Å². The third-order valence-corrected chi connectivity index (χ3v) is 4.46. The van der Waals surface area contributed by atoms with Crippen molar-refractivity contribution in [2.75, 3.05) is 6.61 Å². The number of ether oxygens (including phenoxy) is 1. The van der Waals surface area contributed by atoms with Crippen molar-refractivity contribution in [3.8, 4) is 11.1 Å². The van der Waals surface area contributed by atoms with Crippen molar-refractivity contribution >= 4 is 17.7 Å². The summed E-state index contributed by atoms with van der Waals surface area (Å²) in [4.78, 5) is 13.3. The van der Waals surface area contributed by atoms with Crippen LogP contribution < -0.4 is 0 Å². The lowest BCUT2D eigenvalue weighted by molar-refractivity contribution is -0.142. The molecule has 0 amide bonds. The number of fused-ring (bicyclic) bond motifs is 3. The van der Waals surface area contributed by atoms with Crippen molar-refractivity contribution in [2.45, 2.75) is 17.1 Å². The van der Waals surface area contributed by atoms with Crippen molar-refractivity contribution < 1.29 is 9.53 Å². The normalized spacial score (nSPS) is 16.4. The van der Waals surface area contributed by atoms with E-state index in [9.17, 15) is 4.79 Å². The summed E-state index contributed by atoms with van der Waals surface area (Å²) in [7, 11) is 0. The van der Waals surface area contributed by atoms with E-state index in [1.54, 1.807) is 11.8 Å². The molecule has 0 radical (unpaired) electrons. The van der Waals surface area contributed by atoms with Gasteiger partial charge in [-0.1, -0.05) is 42.5 Å². The minimum Gasteiger partial charge on any atom is -0.465 e. The highest BCUT2D eigenvalue weighted by atomic mass is 32.2. The molecule has 1 heterocycles. The molecule has 1 atom stereocenters. The highest BCUT2D eigenvalue weighted by molar-refractivity contribution is 8.00. The van der Waals surface area contributed by atoms with Crippen LogP contribution in [-0.2, 0) is 9.53 Å². The van der Waals surface area contributed by atoms with Gasteiger partial charge in [0.05, 0.1) is 6.61 Å². The summed E-state index contributed by atoms with van der Waals surface area (Å²) in [5, 5.41) is -0.258. The fourth-order valence-electron chi connectivity index (χ4n) is 2.35. The molecule has 0 saturated carbocycles. The summed E-state index contributed by atoms with van der Waals surface area (Å²) < 4.78 is 5.19. The molecular formula is C16H14O2S. The first-order chi connectivity index (χ1) is 9.31. The number of hydrogen-bond acceptors (Lipinski definition) is 3. The van der Waals surface area contributed by atoms with Crippen molar-refractivity contribution in [2.24, 2.45) is 0 Å². The van der Waals surface area contributed by atoms with Crippen LogP contribution in [0.15, 0.2) is 53.4 Å². The Kier molecular flexibility index (Phi) is 3.30. The van der Waals surface area contributed by atoms with Crippen molar-refractivity contribution in [3.05, 3.63) is 54.1 Å². The van der Waals surface area contributed by atoms with Gasteiger partial charge in [0.25, 0.3) is 0 Å². The largest absolute Gasteiger partial charge is 0.465 e. The zero-order valence-electron chi connectivity index (χ0n) is 10.6. The maximum Gasteiger partial charge on any atom is 0.323 e. The number of benzene rings is 2. The lowest BCUT2D eigenvalue weighted by Crippen LogP contribution is -2.16. The Morgan fingerprint density at radius 1 is 1.11 bits per heavy atom. The van der Waals surface area contributed by atoms with Crippen LogP contribution >= 0.6 is 11.8 Å². The molecule has 0 saturated heterocycles. The monoisotopic (exact) mass is 270 g/mol. The predicted molar refractivity (Wildman–Crippen MR) is 77.1 cm³/mol. The summed E-state index contributed by atoms with van der Waals surface area (Å²) in [5.41, 5.74) is 3.38. The summed E-state index contributed by atoms with van der Waals surface area (Å²) in [6, 6.07) is 16.3. The molecule has 2 nitrogen and oxygen atoms in total. The molecule has 0 aliphatic carbocycles. The number of rotatable bonds is 2. The second-order valence-corrected chi connectivity index (χ2v) is 5.48. The van der Waals surface area contributed by atoms with E-state index in [1.807, 2.05) is 37.3 Å². The molecule has 3 rings (SSSR count). The van der Waals surface area contributed by atoms with E-state index in [-0.39, 0.29) is 11.2 Å². The van der Waals surface area contributed by atoms with Gasteiger partial charge in [-0.3, -0.25) is 4.79 Å². The first kappa shape index (κ1) is 12.3. The van der Waals surface area contributed by atoms with E-state index in [0.717, 1.165) is 16.0 Å². The Morgan fingerprint density at radius 2 is 1.79 bits per heavy atom. The Morgan fingerprint density at radius 3 is 2.58 bits per heavy atom. The molecule has 0 N–H and O–H groups in total. The Hall–Kier alpha value is -1.74. The van der Waals surface area contributed by atoms with Gasteiger partial charge in [0.1, 0.15) is 5.25 Å². The molecule has 2 aromatic carbocycles. The quantitative estimate of drug-likeness (QED) is 0.770. The molecule has 1 aliphatic rings. The van der Waals surface area contributed by atoms with Gasteiger partial charge in [0.15, 0.2) is 0 Å². The summed E-state index contributed by atoms with van der Waals surface area (Å²) in [6.45, 7) is 2.25. The van der Waals surface area contributed by atoms with E-state index in [4.69, 9.17) is 4.74 Å². The van der Waals surface area contributed by atoms with Gasteiger partial charge in [-0.2, -0.15) is 0 Å². The van der Waals surface area contributed by atoms with Gasteiger partial charge in [0, 0.05) is 4.90 Å². The lowest BCUT2D eigenvalue weighted by atomic mass is 9.97. The number of carbonyl (C=O) groups excluding carboxylic acids is 1. The van der Waals surface area contributed by atoms with Gasteiger partial charge in [-0.05, 0) is 29.7 Å². The fourth-order valence-corrected chi connectivity index (χ4v) is 3.56. The molecule has 0 spiro atoms. The molecule has 0 bridgehead atoms. The highest BCUT2D eigenvalue weighted by Crippen LogP contribution is 2.49. The number of carbonyl (C=O) groups is 1. The third-order valence-electron chi connectivity index (χ3n) is 3.17. The molecule has 1 aliphatic heterocycles. The minimum atomic E-state index is -0.258. The Bertz CT molecular complexity index is 622. The van der Waals surface area contributed by atoms with Crippen LogP contribution in [0, 0.1) is 0 Å². The maximum absolute atomic E-state index is 12.1. The Balaban J connectivity index is 2.11. The molecule has 0 aromatic heterocycles. The van der Waals surface area contributed by atoms with Crippen molar-refractivity contribution in [1.82, 2.24) is 0 Å². The second-order valence-electron chi connectivity index (χ2n) is 4.33. The molecular weight excluding hydrogens is 256 g/mol. The zero-order valence-corrected chi connectivity index (χ0v) is 11.4. The first-order valence-corrected chi connectivity index (χ1v) is 7.21. The standard InChI is InChI=1S/C16H14O2S/c1-2-18-16(17)15-13-9-4-3-7-11(13)12-8-5-6-10-14(12)19-15/h3-10,15H,2H2,1H3. The lowest BCUT2D eigenvalue weighted by Gasteiger charge is -2.25. The third kappa shape index (κ3) is 2.15. The van der Waals surface area contributed by atoms with E-state index >= 15 is 0 Å². The molecule has 96 valence electrons. The fraction of sp³-hybridized carbons (Fsp3) is 0.188. The smallest absolute Gasteiger partial charge is 0.323 e. The van der Waals surface area contributed by atoms with Crippen LogP contribution in [0.4, 0.5) is 0 Å². The van der Waals surface area contributed by atoms with Crippen LogP contribution in [0.3, 0.4) is 0 Å². The summed E-state index contributed by atoms with van der Waals surface area (Å²) in [5.74, 6) is -0.158. The number of hydrogen-bond donors (Lipinski definition) is 0. The van der Waals surface area contributed by atoms with Crippen molar-refractivity contribution in [3.63, 3.8) is 0 Å². The topological polar surface area (TPSA) is 26.3 Å². The van der Waals surface area contributed by atoms with Gasteiger partial charge in [0.2, 0.25) is 0 Å². The first-order valence-electron chi connectivity index (χ1n) is 6.33.